The number of unbranched alkanes of at least 4 members (excludes halogenated alkanes) is 3. The molecule has 0 aliphatic rings. The molecule has 0 aliphatic heterocycles. The van der Waals surface area contributed by atoms with Gasteiger partial charge < -0.3 is 5.11 Å². The summed E-state index contributed by atoms with van der Waals surface area (Å²) in [6.07, 6.45) is 6.01. The Bertz CT molecular complexity index is 326. The van der Waals surface area contributed by atoms with E-state index >= 15 is 0 Å². The van der Waals surface area contributed by atoms with E-state index < -0.39 is 0 Å². The van der Waals surface area contributed by atoms with E-state index in [2.05, 4.69) is 42.5 Å². The van der Waals surface area contributed by atoms with E-state index in [0.29, 0.717) is 5.75 Å². The van der Waals surface area contributed by atoms with Gasteiger partial charge in [0.2, 0.25) is 0 Å². The Labute approximate surface area is 148 Å². The molecule has 0 saturated carbocycles. The fraction of sp³-hybridized carbons (Fsp3) is 0.538. The smallest absolute Gasteiger partial charge is 0.132 e. The molecule has 0 aliphatic carbocycles. The summed E-state index contributed by atoms with van der Waals surface area (Å²) in [5.41, 5.74) is 2.35. The van der Waals surface area contributed by atoms with Crippen LogP contribution in [-0.2, 0) is 6.42 Å². The first-order chi connectivity index (χ1) is 7.15. The molecule has 87 valence electrons. The molecule has 1 rings (SSSR count). The van der Waals surface area contributed by atoms with Crippen molar-refractivity contribution in [1.82, 2.24) is 0 Å². The predicted molar refractivity (Wildman–Crippen MR) is 73.4 cm³/mol. The maximum absolute atomic E-state index is 9.87. The standard InChI is InChI=1S/C13H19IO.Ac/c1-3-4-5-6-7-11-8-10(2)9-12(14)13(11)15;/h8-9,15H,3-7H2,1-2H3;. The average molecular weight is 545 g/mol. The van der Waals surface area contributed by atoms with Crippen molar-refractivity contribution < 1.29 is 49.2 Å². The molecule has 0 amide bonds. The first-order valence-corrected chi connectivity index (χ1v) is 6.71. The number of phenolic OH excluding ortho intramolecular Hbond substituents is 1. The summed E-state index contributed by atoms with van der Waals surface area (Å²) in [4.78, 5) is 0. The van der Waals surface area contributed by atoms with Gasteiger partial charge in [0.15, 0.2) is 0 Å². The monoisotopic (exact) mass is 545 g/mol. The first-order valence-electron chi connectivity index (χ1n) is 5.63. The molecule has 1 radical (unpaired) electrons. The van der Waals surface area contributed by atoms with Gasteiger partial charge in [0.1, 0.15) is 5.75 Å². The third-order valence-corrected chi connectivity index (χ3v) is 3.41. The summed E-state index contributed by atoms with van der Waals surface area (Å²) in [6.45, 7) is 4.30. The minimum Gasteiger partial charge on any atom is -0.507 e. The van der Waals surface area contributed by atoms with E-state index in [1.54, 1.807) is 0 Å². The van der Waals surface area contributed by atoms with E-state index in [9.17, 15) is 5.11 Å². The Hall–Kier alpha value is 1.19. The minimum absolute atomic E-state index is 0. The second-order valence-electron chi connectivity index (χ2n) is 4.07. The minimum atomic E-state index is 0. The summed E-state index contributed by atoms with van der Waals surface area (Å²) in [5, 5.41) is 9.87. The zero-order valence-corrected chi connectivity index (χ0v) is 17.0. The van der Waals surface area contributed by atoms with Crippen molar-refractivity contribution in [2.75, 3.05) is 0 Å². The van der Waals surface area contributed by atoms with E-state index in [4.69, 9.17) is 0 Å². The van der Waals surface area contributed by atoms with Crippen LogP contribution in [0.25, 0.3) is 0 Å². The summed E-state index contributed by atoms with van der Waals surface area (Å²) in [5.74, 6) is 0.484. The molecule has 0 heterocycles. The van der Waals surface area contributed by atoms with Crippen LogP contribution in [0.4, 0.5) is 0 Å². The van der Waals surface area contributed by atoms with Gasteiger partial charge in [0.25, 0.3) is 0 Å². The number of rotatable bonds is 5. The number of hydrogen-bond donors (Lipinski definition) is 1. The summed E-state index contributed by atoms with van der Waals surface area (Å²) in [7, 11) is 0. The van der Waals surface area contributed by atoms with Crippen molar-refractivity contribution in [3.8, 4) is 5.75 Å². The Balaban J connectivity index is 0.00000225. The zero-order valence-electron chi connectivity index (χ0n) is 10.1. The van der Waals surface area contributed by atoms with E-state index in [-0.39, 0.29) is 44.1 Å². The molecule has 1 N–H and O–H groups in total. The molecule has 0 saturated heterocycles. The van der Waals surface area contributed by atoms with E-state index in [0.717, 1.165) is 15.6 Å². The fourth-order valence-corrected chi connectivity index (χ4v) is 2.58. The van der Waals surface area contributed by atoms with Crippen molar-refractivity contribution in [3.05, 3.63) is 26.8 Å². The number of benzene rings is 1. The van der Waals surface area contributed by atoms with Crippen molar-refractivity contribution in [1.29, 1.82) is 0 Å². The second kappa shape index (κ2) is 9.17. The van der Waals surface area contributed by atoms with Gasteiger partial charge in [-0.15, -0.1) is 0 Å². The van der Waals surface area contributed by atoms with Crippen LogP contribution in [0.5, 0.6) is 5.75 Å². The molecule has 0 bridgehead atoms. The number of halogens is 1. The molecular formula is C13H19AcIO. The largest absolute Gasteiger partial charge is 0.507 e. The maximum atomic E-state index is 9.87. The van der Waals surface area contributed by atoms with Crippen LogP contribution in [-0.4, -0.2) is 5.11 Å². The van der Waals surface area contributed by atoms with Crippen LogP contribution < -0.4 is 0 Å². The molecule has 0 unspecified atom stereocenters. The molecule has 1 nitrogen and oxygen atoms in total. The topological polar surface area (TPSA) is 20.2 Å². The number of aryl methyl sites for hydroxylation is 2. The maximum Gasteiger partial charge on any atom is 0.132 e. The van der Waals surface area contributed by atoms with Gasteiger partial charge in [-0.3, -0.25) is 0 Å². The summed E-state index contributed by atoms with van der Waals surface area (Å²) in [6, 6.07) is 4.12. The van der Waals surface area contributed by atoms with Crippen LogP contribution in [0.15, 0.2) is 12.1 Å². The quantitative estimate of drug-likeness (QED) is 0.429. The van der Waals surface area contributed by atoms with Crippen LogP contribution in [0.2, 0.25) is 0 Å². The SMILES string of the molecule is CCCCCCc1cc(C)cc(I)c1O.[Ac]. The molecule has 16 heavy (non-hydrogen) atoms. The van der Waals surface area contributed by atoms with E-state index in [1.165, 1.54) is 31.2 Å². The summed E-state index contributed by atoms with van der Waals surface area (Å²) >= 11 is 2.19. The normalized spacial score (nSPS) is 9.94. The predicted octanol–water partition coefficient (Wildman–Crippen LogP) is 4.43. The third-order valence-electron chi connectivity index (χ3n) is 2.59. The van der Waals surface area contributed by atoms with Gasteiger partial charge in [-0.05, 0) is 59.5 Å². The fourth-order valence-electron chi connectivity index (χ4n) is 1.74. The van der Waals surface area contributed by atoms with Gasteiger partial charge >= 0.3 is 0 Å². The van der Waals surface area contributed by atoms with Crippen molar-refractivity contribution in [2.45, 2.75) is 46.0 Å². The molecule has 1 aromatic carbocycles. The number of phenols is 1. The van der Waals surface area contributed by atoms with Gasteiger partial charge in [-0.25, -0.2) is 0 Å². The zero-order chi connectivity index (χ0) is 11.3. The molecule has 0 atom stereocenters. The molecule has 1 aromatic rings. The van der Waals surface area contributed by atoms with Crippen LogP contribution in [0.1, 0.15) is 43.7 Å². The van der Waals surface area contributed by atoms with Crippen molar-refractivity contribution >= 4 is 22.6 Å². The van der Waals surface area contributed by atoms with Crippen LogP contribution in [0, 0.1) is 54.6 Å². The van der Waals surface area contributed by atoms with Crippen molar-refractivity contribution in [2.24, 2.45) is 0 Å². The van der Waals surface area contributed by atoms with Gasteiger partial charge in [-0.1, -0.05) is 32.3 Å². The van der Waals surface area contributed by atoms with Gasteiger partial charge in [0.05, 0.1) is 3.57 Å². The van der Waals surface area contributed by atoms with Crippen LogP contribution in [0.3, 0.4) is 0 Å². The Morgan fingerprint density at radius 1 is 1.19 bits per heavy atom. The number of hydrogen-bond acceptors (Lipinski definition) is 1. The molecule has 0 aromatic heterocycles. The van der Waals surface area contributed by atoms with Gasteiger partial charge in [0, 0.05) is 44.1 Å². The van der Waals surface area contributed by atoms with E-state index in [1.807, 2.05) is 6.07 Å². The number of aromatic hydroxyl groups is 1. The summed E-state index contributed by atoms with van der Waals surface area (Å²) < 4.78 is 0.970. The second-order valence-corrected chi connectivity index (χ2v) is 5.23. The first kappa shape index (κ1) is 17.2. The van der Waals surface area contributed by atoms with Crippen molar-refractivity contribution in [3.63, 3.8) is 0 Å². The molecule has 0 fully saturated rings. The molecular weight excluding hydrogens is 526 g/mol. The Morgan fingerprint density at radius 3 is 2.50 bits per heavy atom. The van der Waals surface area contributed by atoms with Gasteiger partial charge in [-0.2, -0.15) is 0 Å². The Morgan fingerprint density at radius 2 is 1.88 bits per heavy atom. The average Bonchev–Trinajstić information content (AvgIpc) is 2.19. The van der Waals surface area contributed by atoms with Crippen LogP contribution >= 0.6 is 22.6 Å². The molecule has 3 heteroatoms. The Kier molecular flexibility index (Phi) is 9.85. The third kappa shape index (κ3) is 5.69. The molecule has 0 spiro atoms.